The van der Waals surface area contributed by atoms with Gasteiger partial charge >= 0.3 is 0 Å². The average molecular weight is 891 g/mol. The number of fused-ring (bicyclic) bond motifs is 9. The number of aryl methyl sites for hydroxylation is 1. The van der Waals surface area contributed by atoms with Gasteiger partial charge in [-0.15, -0.1) is 0 Å². The van der Waals surface area contributed by atoms with Crippen LogP contribution in [0, 0.1) is 13.3 Å². The maximum Gasteiger partial charge on any atom is 0.269 e. The van der Waals surface area contributed by atoms with Crippen LogP contribution in [-0.4, -0.2) is 23.5 Å². The summed E-state index contributed by atoms with van der Waals surface area (Å²) < 4.78 is 109. The van der Waals surface area contributed by atoms with Gasteiger partial charge in [0, 0.05) is 23.0 Å². The molecule has 0 spiro atoms. The number of pyridine rings is 1. The molecule has 8 nitrogen and oxygen atoms in total. The minimum Gasteiger partial charge on any atom is -0.454 e. The van der Waals surface area contributed by atoms with Crippen molar-refractivity contribution in [2.45, 2.75) is 33.1 Å². The summed E-state index contributed by atoms with van der Waals surface area (Å²) >= 11 is 0. The molecule has 0 unspecified atom stereocenters. The lowest BCUT2D eigenvalue weighted by Crippen LogP contribution is -2.31. The molecule has 68 heavy (non-hydrogen) atoms. The zero-order valence-corrected chi connectivity index (χ0v) is 37.2. The molecule has 5 aromatic heterocycles. The Morgan fingerprint density at radius 1 is 0.676 bits per heavy atom. The molecule has 0 amide bonds. The molecule has 8 heteroatoms. The van der Waals surface area contributed by atoms with E-state index < -0.39 is 60.4 Å². The SMILES string of the molecule is [2H]c1c([2H])c([2H])c(-c2cccc(-c3c([2H])c([2H])c([2H])c([2H])c3[2H])c2-[n+]2[c-]n(-c3cc(Oc4ccc5c(c4)n(-c4cc(C(C)(C)C)ccn4)c4nc6c(C)cccc6n54)c4oc5ccccc5c4c3)c3ccccc32)c([2H])c1[2H]. The summed E-state index contributed by atoms with van der Waals surface area (Å²) in [6.45, 7) is 8.56. The van der Waals surface area contributed by atoms with Gasteiger partial charge in [-0.25, -0.2) is 9.97 Å². The van der Waals surface area contributed by atoms with E-state index in [2.05, 4.69) is 61.2 Å². The van der Waals surface area contributed by atoms with Gasteiger partial charge in [0.2, 0.25) is 5.78 Å². The van der Waals surface area contributed by atoms with Crippen molar-refractivity contribution in [2.24, 2.45) is 0 Å². The highest BCUT2D eigenvalue weighted by Crippen LogP contribution is 2.42. The van der Waals surface area contributed by atoms with Crippen molar-refractivity contribution in [3.63, 3.8) is 0 Å². The largest absolute Gasteiger partial charge is 0.454 e. The maximum absolute atomic E-state index is 9.14. The van der Waals surface area contributed by atoms with Gasteiger partial charge < -0.3 is 9.15 Å². The number of nitrogens with zero attached hydrogens (tertiary/aromatic N) is 6. The van der Waals surface area contributed by atoms with Crippen LogP contribution in [0.3, 0.4) is 0 Å². The van der Waals surface area contributed by atoms with Crippen molar-refractivity contribution in [3.05, 3.63) is 211 Å². The maximum atomic E-state index is 9.14. The smallest absolute Gasteiger partial charge is 0.269 e. The fourth-order valence-corrected chi connectivity index (χ4v) is 9.38. The molecule has 0 radical (unpaired) electrons. The number of para-hydroxylation sites is 5. The van der Waals surface area contributed by atoms with Gasteiger partial charge in [0.15, 0.2) is 11.3 Å². The van der Waals surface area contributed by atoms with E-state index in [1.54, 1.807) is 27.3 Å². The number of imidazole rings is 3. The summed E-state index contributed by atoms with van der Waals surface area (Å²) in [5, 5.41) is 1.54. The number of benzene rings is 8. The molecule has 0 N–H and O–H groups in total. The first-order valence-corrected chi connectivity index (χ1v) is 22.2. The monoisotopic (exact) mass is 890 g/mol. The summed E-state index contributed by atoms with van der Waals surface area (Å²) in [4.78, 5) is 10.1. The molecule has 5 heterocycles. The van der Waals surface area contributed by atoms with Crippen molar-refractivity contribution in [1.29, 1.82) is 0 Å². The lowest BCUT2D eigenvalue weighted by molar-refractivity contribution is -0.571. The third-order valence-electron chi connectivity index (χ3n) is 12.6. The van der Waals surface area contributed by atoms with Crippen molar-refractivity contribution in [2.75, 3.05) is 0 Å². The van der Waals surface area contributed by atoms with Crippen LogP contribution in [0.2, 0.25) is 0 Å². The van der Waals surface area contributed by atoms with Crippen LogP contribution >= 0.6 is 0 Å². The van der Waals surface area contributed by atoms with E-state index in [-0.39, 0.29) is 33.4 Å². The van der Waals surface area contributed by atoms with Gasteiger partial charge in [-0.3, -0.25) is 18.1 Å². The number of rotatable bonds is 7. The van der Waals surface area contributed by atoms with Crippen molar-refractivity contribution in [3.8, 4) is 50.9 Å². The van der Waals surface area contributed by atoms with Gasteiger partial charge in [-0.1, -0.05) is 154 Å². The number of furan rings is 1. The van der Waals surface area contributed by atoms with E-state index >= 15 is 0 Å². The molecule has 13 aromatic rings. The minimum absolute atomic E-state index is 0.136. The highest BCUT2D eigenvalue weighted by atomic mass is 16.5. The highest BCUT2D eigenvalue weighted by Gasteiger charge is 2.24. The molecule has 0 saturated carbocycles. The zero-order chi connectivity index (χ0) is 54.4. The van der Waals surface area contributed by atoms with Crippen LogP contribution in [0.15, 0.2) is 198 Å². The van der Waals surface area contributed by atoms with Crippen molar-refractivity contribution in [1.82, 2.24) is 23.5 Å². The Morgan fingerprint density at radius 3 is 2.18 bits per heavy atom. The Bertz CT molecular complexity index is 4600. The van der Waals surface area contributed by atoms with Crippen LogP contribution < -0.4 is 9.30 Å². The van der Waals surface area contributed by atoms with Gasteiger partial charge in [-0.2, -0.15) is 0 Å². The quantitative estimate of drug-likeness (QED) is 0.118. The Hall–Kier alpha value is -8.75. The molecular formula is C60H44N6O2. The highest BCUT2D eigenvalue weighted by molar-refractivity contribution is 6.08. The lowest BCUT2D eigenvalue weighted by atomic mass is 9.88. The third kappa shape index (κ3) is 6.25. The molecule has 0 fully saturated rings. The number of aromatic nitrogens is 6. The van der Waals surface area contributed by atoms with E-state index in [4.69, 9.17) is 32.8 Å². The molecular weight excluding hydrogens is 837 g/mol. The fraction of sp³-hybridized carbons (Fsp3) is 0.0833. The van der Waals surface area contributed by atoms with Crippen LogP contribution in [0.4, 0.5) is 0 Å². The van der Waals surface area contributed by atoms with E-state index in [0.717, 1.165) is 44.0 Å². The third-order valence-corrected chi connectivity index (χ3v) is 12.6. The molecule has 326 valence electrons. The minimum atomic E-state index is -0.580. The number of hydrogen-bond acceptors (Lipinski definition) is 4. The van der Waals surface area contributed by atoms with E-state index in [1.165, 1.54) is 0 Å². The Morgan fingerprint density at radius 2 is 1.40 bits per heavy atom. The Kier molecular flexibility index (Phi) is 6.79. The molecule has 0 bridgehead atoms. The first kappa shape index (κ1) is 30.5. The van der Waals surface area contributed by atoms with Crippen molar-refractivity contribution >= 4 is 60.8 Å². The number of hydrogen-bond donors (Lipinski definition) is 0. The van der Waals surface area contributed by atoms with Crippen LogP contribution in [0.5, 0.6) is 11.5 Å². The second-order valence-corrected chi connectivity index (χ2v) is 17.8. The molecule has 0 saturated heterocycles. The summed E-state index contributed by atoms with van der Waals surface area (Å²) in [5.74, 6) is 2.24. The molecule has 0 atom stereocenters. The topological polar surface area (TPSA) is 66.3 Å². The molecule has 0 aliphatic carbocycles. The molecule has 8 aromatic carbocycles. The lowest BCUT2D eigenvalue weighted by Gasteiger charge is -2.19. The second kappa shape index (κ2) is 15.2. The average Bonchev–Trinajstić information content (AvgIpc) is 4.21. The standard InChI is InChI=1S/C60H44N6O2/c1-38-17-15-27-51-56(38)62-59-65(51)50-30-29-43(36-52(50)66(59)55-33-41(31-32-61-55)60(2,3)4)67-54-35-42(34-47-46-22-11-14-28-53(46)68-58(47)54)63-37-64(49-26-13-12-25-48(49)63)57-44(39-18-7-5-8-19-39)23-16-24-45(57)40-20-9-6-10-21-40/h5-36H,1-4H3/i5D,6D,7D,8D,9D,10D,18D,19D,20D,21D. The predicted molar refractivity (Wildman–Crippen MR) is 273 cm³/mol. The molecule has 13 rings (SSSR count). The van der Waals surface area contributed by atoms with Crippen LogP contribution in [0.1, 0.15) is 45.6 Å². The summed E-state index contributed by atoms with van der Waals surface area (Å²) in [5.41, 5.74) is 8.45. The van der Waals surface area contributed by atoms with E-state index in [0.29, 0.717) is 51.0 Å². The summed E-state index contributed by atoms with van der Waals surface area (Å²) in [6.07, 6.45) is 5.34. The van der Waals surface area contributed by atoms with Gasteiger partial charge in [-0.05, 0) is 94.3 Å². The molecule has 0 aliphatic rings. The summed E-state index contributed by atoms with van der Waals surface area (Å²) in [6, 6.07) is 34.5. The van der Waals surface area contributed by atoms with Gasteiger partial charge in [0.05, 0.1) is 58.2 Å². The zero-order valence-electron chi connectivity index (χ0n) is 47.2. The van der Waals surface area contributed by atoms with Gasteiger partial charge in [0.1, 0.15) is 17.2 Å². The predicted octanol–water partition coefficient (Wildman–Crippen LogP) is 14.5. The normalized spacial score (nSPS) is 14.2. The Balaban J connectivity index is 1.06. The van der Waals surface area contributed by atoms with E-state index in [9.17, 15) is 0 Å². The Labute approximate surface area is 406 Å². The molecule has 0 aliphatic heterocycles. The van der Waals surface area contributed by atoms with Crippen LogP contribution in [-0.2, 0) is 5.41 Å². The fourth-order valence-electron chi connectivity index (χ4n) is 9.38. The van der Waals surface area contributed by atoms with Crippen LogP contribution in [0.25, 0.3) is 100 Å². The summed E-state index contributed by atoms with van der Waals surface area (Å²) in [7, 11) is 0. The second-order valence-electron chi connectivity index (χ2n) is 17.8. The van der Waals surface area contributed by atoms with E-state index in [1.807, 2.05) is 97.2 Å². The first-order valence-electron chi connectivity index (χ1n) is 27.2. The number of ether oxygens (including phenoxy) is 1. The van der Waals surface area contributed by atoms with Crippen molar-refractivity contribution < 1.29 is 27.4 Å². The first-order chi connectivity index (χ1) is 37.4. The van der Waals surface area contributed by atoms with Gasteiger partial charge in [0.25, 0.3) is 6.33 Å².